The van der Waals surface area contributed by atoms with E-state index in [1.165, 1.54) is 4.57 Å². The molecule has 0 saturated carbocycles. The summed E-state index contributed by atoms with van der Waals surface area (Å²) in [5.41, 5.74) is -0.00332. The summed E-state index contributed by atoms with van der Waals surface area (Å²) in [5.74, 6) is 0.321. The van der Waals surface area contributed by atoms with Crippen LogP contribution in [-0.2, 0) is 16.1 Å². The number of ether oxygens (including phenoxy) is 1. The number of carbonyl (C=O) groups excluding carboxylic acids is 2. The van der Waals surface area contributed by atoms with Crippen molar-refractivity contribution in [1.82, 2.24) is 19.8 Å². The van der Waals surface area contributed by atoms with E-state index < -0.39 is 11.7 Å². The molecule has 0 aliphatic carbocycles. The van der Waals surface area contributed by atoms with Crippen LogP contribution in [0, 0.1) is 10.7 Å². The summed E-state index contributed by atoms with van der Waals surface area (Å²) in [7, 11) is 0. The lowest BCUT2D eigenvalue weighted by Gasteiger charge is -2.32. The zero-order valence-electron chi connectivity index (χ0n) is 18.3. The minimum atomic E-state index is -0.518. The molecule has 1 fully saturated rings. The smallest absolute Gasteiger partial charge is 0.407 e. The number of para-hydroxylation sites is 1. The molecular formula is C22H30N4O4S. The Balaban J connectivity index is 1.49. The summed E-state index contributed by atoms with van der Waals surface area (Å²) in [5, 5.41) is 3.37. The van der Waals surface area contributed by atoms with E-state index in [9.17, 15) is 14.4 Å². The molecule has 168 valence electrons. The second-order valence-electron chi connectivity index (χ2n) is 8.89. The van der Waals surface area contributed by atoms with E-state index in [4.69, 9.17) is 17.0 Å². The van der Waals surface area contributed by atoms with Crippen molar-refractivity contribution >= 4 is 35.1 Å². The zero-order chi connectivity index (χ0) is 22.6. The van der Waals surface area contributed by atoms with Gasteiger partial charge >= 0.3 is 6.09 Å². The van der Waals surface area contributed by atoms with Gasteiger partial charge in [0.1, 0.15) is 5.60 Å². The molecule has 1 saturated heterocycles. The predicted molar refractivity (Wildman–Crippen MR) is 122 cm³/mol. The van der Waals surface area contributed by atoms with E-state index in [1.54, 1.807) is 12.1 Å². The first-order chi connectivity index (χ1) is 14.6. The van der Waals surface area contributed by atoms with Crippen LogP contribution in [0.5, 0.6) is 0 Å². The van der Waals surface area contributed by atoms with Crippen LogP contribution in [0.25, 0.3) is 10.9 Å². The average molecular weight is 447 g/mol. The molecule has 1 aromatic carbocycles. The fraction of sp³-hybridized carbons (Fsp3) is 0.545. The van der Waals surface area contributed by atoms with E-state index in [0.29, 0.717) is 41.2 Å². The lowest BCUT2D eigenvalue weighted by atomic mass is 9.96. The third-order valence-corrected chi connectivity index (χ3v) is 5.66. The molecule has 2 heterocycles. The van der Waals surface area contributed by atoms with E-state index >= 15 is 0 Å². The molecule has 2 aromatic rings. The van der Waals surface area contributed by atoms with Gasteiger partial charge in [-0.15, -0.1) is 0 Å². The monoisotopic (exact) mass is 446 g/mol. The molecule has 3 rings (SSSR count). The first kappa shape index (κ1) is 23.0. The Bertz CT molecular complexity index is 1060. The summed E-state index contributed by atoms with van der Waals surface area (Å²) in [6, 6.07) is 7.20. The number of likely N-dealkylation sites (tertiary alicyclic amines) is 1. The molecular weight excluding hydrogens is 416 g/mol. The van der Waals surface area contributed by atoms with Crippen LogP contribution in [0.2, 0.25) is 0 Å². The molecule has 1 aliphatic rings. The largest absolute Gasteiger partial charge is 0.444 e. The summed E-state index contributed by atoms with van der Waals surface area (Å²) >= 11 is 5.31. The molecule has 2 amide bonds. The molecule has 0 unspecified atom stereocenters. The summed E-state index contributed by atoms with van der Waals surface area (Å²) in [6.45, 7) is 7.55. The van der Waals surface area contributed by atoms with Gasteiger partial charge in [0.05, 0.1) is 10.9 Å². The highest BCUT2D eigenvalue weighted by molar-refractivity contribution is 7.71. The second kappa shape index (κ2) is 9.64. The second-order valence-corrected chi connectivity index (χ2v) is 9.28. The number of fused-ring (bicyclic) bond motifs is 1. The first-order valence-electron chi connectivity index (χ1n) is 10.6. The number of benzene rings is 1. The normalized spacial score (nSPS) is 15.1. The van der Waals surface area contributed by atoms with Crippen LogP contribution in [0.3, 0.4) is 0 Å². The molecule has 8 nitrogen and oxygen atoms in total. The summed E-state index contributed by atoms with van der Waals surface area (Å²) < 4.78 is 7.03. The van der Waals surface area contributed by atoms with Gasteiger partial charge in [-0.25, -0.2) is 4.79 Å². The maximum atomic E-state index is 12.7. The van der Waals surface area contributed by atoms with Gasteiger partial charge in [-0.05, 0) is 63.9 Å². The highest BCUT2D eigenvalue weighted by Gasteiger charge is 2.24. The van der Waals surface area contributed by atoms with Gasteiger partial charge < -0.3 is 19.9 Å². The quantitative estimate of drug-likeness (QED) is 0.688. The topological polar surface area (TPSA) is 96.4 Å². The lowest BCUT2D eigenvalue weighted by Crippen LogP contribution is -2.42. The molecule has 0 atom stereocenters. The van der Waals surface area contributed by atoms with Crippen molar-refractivity contribution in [2.75, 3.05) is 19.6 Å². The average Bonchev–Trinajstić information content (AvgIpc) is 2.71. The van der Waals surface area contributed by atoms with Gasteiger partial charge in [-0.2, -0.15) is 0 Å². The van der Waals surface area contributed by atoms with Crippen LogP contribution in [0.1, 0.15) is 40.0 Å². The number of nitrogens with zero attached hydrogens (tertiary/aromatic N) is 2. The Labute approximate surface area is 186 Å². The van der Waals surface area contributed by atoms with Crippen molar-refractivity contribution in [2.24, 2.45) is 5.92 Å². The molecule has 31 heavy (non-hydrogen) atoms. The van der Waals surface area contributed by atoms with E-state index in [1.807, 2.05) is 37.8 Å². The fourth-order valence-electron chi connectivity index (χ4n) is 3.70. The molecule has 1 aliphatic heterocycles. The van der Waals surface area contributed by atoms with Crippen molar-refractivity contribution < 1.29 is 14.3 Å². The first-order valence-corrected chi connectivity index (χ1v) is 11.0. The van der Waals surface area contributed by atoms with Gasteiger partial charge in [0.15, 0.2) is 4.77 Å². The number of alkyl carbamates (subject to hydrolysis) is 1. The maximum absolute atomic E-state index is 12.7. The van der Waals surface area contributed by atoms with Crippen LogP contribution < -0.4 is 10.9 Å². The minimum Gasteiger partial charge on any atom is -0.444 e. The molecule has 0 spiro atoms. The summed E-state index contributed by atoms with van der Waals surface area (Å²) in [6.07, 6.45) is 1.44. The Kier molecular flexibility index (Phi) is 7.15. The number of piperidine rings is 1. The Morgan fingerprint density at radius 2 is 1.90 bits per heavy atom. The van der Waals surface area contributed by atoms with Crippen LogP contribution in [0.15, 0.2) is 29.1 Å². The van der Waals surface area contributed by atoms with Crippen molar-refractivity contribution in [1.29, 1.82) is 0 Å². The summed E-state index contributed by atoms with van der Waals surface area (Å²) in [4.78, 5) is 42.0. The highest BCUT2D eigenvalue weighted by atomic mass is 32.1. The van der Waals surface area contributed by atoms with E-state index in [2.05, 4.69) is 10.3 Å². The predicted octanol–water partition coefficient (Wildman–Crippen LogP) is 3.21. The van der Waals surface area contributed by atoms with Gasteiger partial charge in [-0.3, -0.25) is 14.2 Å². The number of H-pyrrole nitrogens is 1. The number of carbonyl (C=O) groups is 2. The zero-order valence-corrected chi connectivity index (χ0v) is 19.1. The molecule has 0 bridgehead atoms. The van der Waals surface area contributed by atoms with Crippen molar-refractivity contribution in [3.05, 3.63) is 39.4 Å². The van der Waals surface area contributed by atoms with E-state index in [-0.39, 0.29) is 24.4 Å². The fourth-order valence-corrected chi connectivity index (χ4v) is 3.98. The van der Waals surface area contributed by atoms with Crippen LogP contribution in [0.4, 0.5) is 4.79 Å². The number of aromatic nitrogens is 2. The van der Waals surface area contributed by atoms with Gasteiger partial charge in [-0.1, -0.05) is 12.1 Å². The van der Waals surface area contributed by atoms with Gasteiger partial charge in [0.2, 0.25) is 5.91 Å². The molecule has 0 radical (unpaired) electrons. The minimum absolute atomic E-state index is 0.00742. The number of nitrogens with one attached hydrogen (secondary N) is 2. The Morgan fingerprint density at radius 1 is 1.23 bits per heavy atom. The van der Waals surface area contributed by atoms with E-state index in [0.717, 1.165) is 12.8 Å². The number of hydrogen-bond acceptors (Lipinski definition) is 5. The Hall–Kier alpha value is -2.68. The molecule has 2 N–H and O–H groups in total. The maximum Gasteiger partial charge on any atom is 0.407 e. The highest BCUT2D eigenvalue weighted by Crippen LogP contribution is 2.18. The number of amides is 2. The third-order valence-electron chi connectivity index (χ3n) is 5.34. The third kappa shape index (κ3) is 6.16. The number of aromatic amines is 1. The van der Waals surface area contributed by atoms with Crippen LogP contribution >= 0.6 is 12.2 Å². The van der Waals surface area contributed by atoms with Crippen molar-refractivity contribution in [3.63, 3.8) is 0 Å². The van der Waals surface area contributed by atoms with Gasteiger partial charge in [0, 0.05) is 32.6 Å². The van der Waals surface area contributed by atoms with Crippen molar-refractivity contribution in [2.45, 2.75) is 52.2 Å². The SMILES string of the molecule is CC(C)(C)OC(=O)NCC1CCN(C(=O)CCn2c(=S)[nH]c3ccccc3c2=O)CC1. The van der Waals surface area contributed by atoms with Gasteiger partial charge in [0.25, 0.3) is 5.56 Å². The number of hydrogen-bond donors (Lipinski definition) is 2. The van der Waals surface area contributed by atoms with Crippen LogP contribution in [-0.4, -0.2) is 51.7 Å². The Morgan fingerprint density at radius 3 is 2.58 bits per heavy atom. The standard InChI is InChI=1S/C22H30N4O4S/c1-22(2,3)30-21(29)23-14-15-8-11-25(12-9-15)18(27)10-13-26-19(28)16-6-4-5-7-17(16)24-20(26)31/h4-7,15H,8-14H2,1-3H3,(H,23,29)(H,24,31). The molecule has 9 heteroatoms. The number of rotatable bonds is 5. The molecule has 1 aromatic heterocycles. The lowest BCUT2D eigenvalue weighted by molar-refractivity contribution is -0.132. The van der Waals surface area contributed by atoms with Crippen molar-refractivity contribution in [3.8, 4) is 0 Å².